The number of aryl methyl sites for hydroxylation is 1. The summed E-state index contributed by atoms with van der Waals surface area (Å²) >= 11 is 0. The Morgan fingerprint density at radius 2 is 2.21 bits per heavy atom. The van der Waals surface area contributed by atoms with Gasteiger partial charge in [0.2, 0.25) is 0 Å². The second-order valence-electron chi connectivity index (χ2n) is 3.18. The summed E-state index contributed by atoms with van der Waals surface area (Å²) in [7, 11) is 0. The van der Waals surface area contributed by atoms with Crippen LogP contribution in [0.3, 0.4) is 0 Å². The first-order valence-corrected chi connectivity index (χ1v) is 4.54. The standard InChI is InChI=1S/C10H16N2O.ClH/c1-8-4-2-6-10(12-8)9(11)5-3-7-13;/h2,4,6,9,13H,3,5,7,11H2,1H3;1H/t9-;/m0./s1. The Morgan fingerprint density at radius 1 is 1.50 bits per heavy atom. The molecular formula is C10H17ClN2O. The van der Waals surface area contributed by atoms with Crippen molar-refractivity contribution in [3.05, 3.63) is 29.6 Å². The summed E-state index contributed by atoms with van der Waals surface area (Å²) in [5.41, 5.74) is 7.77. The van der Waals surface area contributed by atoms with Gasteiger partial charge < -0.3 is 10.8 Å². The quantitative estimate of drug-likeness (QED) is 0.804. The lowest BCUT2D eigenvalue weighted by Crippen LogP contribution is -2.12. The molecular weight excluding hydrogens is 200 g/mol. The first-order valence-electron chi connectivity index (χ1n) is 4.54. The third kappa shape index (κ3) is 4.05. The highest BCUT2D eigenvalue weighted by molar-refractivity contribution is 5.85. The van der Waals surface area contributed by atoms with E-state index in [2.05, 4.69) is 4.98 Å². The smallest absolute Gasteiger partial charge is 0.0574 e. The molecule has 0 bridgehead atoms. The highest BCUT2D eigenvalue weighted by Gasteiger charge is 2.06. The van der Waals surface area contributed by atoms with Crippen LogP contribution >= 0.6 is 12.4 Å². The Kier molecular flexibility index (Phi) is 6.45. The van der Waals surface area contributed by atoms with Crippen molar-refractivity contribution >= 4 is 12.4 Å². The minimum absolute atomic E-state index is 0. The van der Waals surface area contributed by atoms with Gasteiger partial charge in [-0.1, -0.05) is 6.07 Å². The van der Waals surface area contributed by atoms with E-state index in [0.717, 1.165) is 24.2 Å². The number of hydrogen-bond donors (Lipinski definition) is 2. The minimum Gasteiger partial charge on any atom is -0.396 e. The fraction of sp³-hybridized carbons (Fsp3) is 0.500. The fourth-order valence-corrected chi connectivity index (χ4v) is 1.23. The molecule has 0 aliphatic carbocycles. The van der Waals surface area contributed by atoms with Crippen LogP contribution in [0.5, 0.6) is 0 Å². The molecule has 0 unspecified atom stereocenters. The van der Waals surface area contributed by atoms with Crippen LogP contribution in [0.4, 0.5) is 0 Å². The number of aliphatic hydroxyl groups is 1. The number of halogens is 1. The van der Waals surface area contributed by atoms with Crippen LogP contribution in [0.2, 0.25) is 0 Å². The number of nitrogens with zero attached hydrogens (tertiary/aromatic N) is 1. The van der Waals surface area contributed by atoms with Crippen molar-refractivity contribution in [1.29, 1.82) is 0 Å². The van der Waals surface area contributed by atoms with Gasteiger partial charge in [-0.15, -0.1) is 12.4 Å². The molecule has 80 valence electrons. The average molecular weight is 217 g/mol. The van der Waals surface area contributed by atoms with Gasteiger partial charge in [0, 0.05) is 18.3 Å². The number of aromatic nitrogens is 1. The molecule has 1 rings (SSSR count). The molecule has 0 spiro atoms. The summed E-state index contributed by atoms with van der Waals surface area (Å²) in [6.45, 7) is 2.14. The second kappa shape index (κ2) is 6.76. The van der Waals surface area contributed by atoms with Gasteiger partial charge in [0.1, 0.15) is 0 Å². The maximum atomic E-state index is 8.64. The van der Waals surface area contributed by atoms with Crippen molar-refractivity contribution in [3.8, 4) is 0 Å². The zero-order valence-corrected chi connectivity index (χ0v) is 9.13. The molecule has 0 saturated carbocycles. The SMILES string of the molecule is Cc1cccc([C@@H](N)CCCO)n1.Cl. The van der Waals surface area contributed by atoms with Crippen LogP contribution in [-0.2, 0) is 0 Å². The van der Waals surface area contributed by atoms with Crippen LogP contribution in [0, 0.1) is 6.92 Å². The summed E-state index contributed by atoms with van der Waals surface area (Å²) in [4.78, 5) is 4.32. The topological polar surface area (TPSA) is 59.1 Å². The van der Waals surface area contributed by atoms with Crippen molar-refractivity contribution in [2.75, 3.05) is 6.61 Å². The molecule has 0 radical (unpaired) electrons. The maximum Gasteiger partial charge on any atom is 0.0574 e. The monoisotopic (exact) mass is 216 g/mol. The fourth-order valence-electron chi connectivity index (χ4n) is 1.23. The van der Waals surface area contributed by atoms with Crippen LogP contribution in [0.25, 0.3) is 0 Å². The second-order valence-corrected chi connectivity index (χ2v) is 3.18. The van der Waals surface area contributed by atoms with E-state index in [4.69, 9.17) is 10.8 Å². The number of rotatable bonds is 4. The molecule has 0 aromatic carbocycles. The maximum absolute atomic E-state index is 8.64. The summed E-state index contributed by atoms with van der Waals surface area (Å²) in [5.74, 6) is 0. The van der Waals surface area contributed by atoms with Gasteiger partial charge in [-0.3, -0.25) is 4.98 Å². The van der Waals surface area contributed by atoms with Gasteiger partial charge >= 0.3 is 0 Å². The Labute approximate surface area is 90.8 Å². The molecule has 0 amide bonds. The molecule has 1 aromatic rings. The third-order valence-corrected chi connectivity index (χ3v) is 1.96. The molecule has 1 aromatic heterocycles. The molecule has 4 heteroatoms. The minimum atomic E-state index is -0.0490. The molecule has 0 fully saturated rings. The predicted octanol–water partition coefficient (Wildman–Crippen LogP) is 1.58. The third-order valence-electron chi connectivity index (χ3n) is 1.96. The van der Waals surface area contributed by atoms with Crippen molar-refractivity contribution in [3.63, 3.8) is 0 Å². The molecule has 0 saturated heterocycles. The lowest BCUT2D eigenvalue weighted by atomic mass is 10.1. The molecule has 3 nitrogen and oxygen atoms in total. The number of hydrogen-bond acceptors (Lipinski definition) is 3. The molecule has 14 heavy (non-hydrogen) atoms. The van der Waals surface area contributed by atoms with Gasteiger partial charge in [0.05, 0.1) is 5.69 Å². The highest BCUT2D eigenvalue weighted by Crippen LogP contribution is 2.12. The zero-order valence-electron chi connectivity index (χ0n) is 8.31. The largest absolute Gasteiger partial charge is 0.396 e. The summed E-state index contributed by atoms with van der Waals surface area (Å²) < 4.78 is 0. The van der Waals surface area contributed by atoms with E-state index in [0.29, 0.717) is 0 Å². The molecule has 1 heterocycles. The van der Waals surface area contributed by atoms with E-state index >= 15 is 0 Å². The molecule has 0 aliphatic rings. The molecule has 3 N–H and O–H groups in total. The summed E-state index contributed by atoms with van der Waals surface area (Å²) in [6, 6.07) is 5.78. The van der Waals surface area contributed by atoms with Crippen molar-refractivity contribution in [1.82, 2.24) is 4.98 Å². The van der Waals surface area contributed by atoms with Gasteiger partial charge in [0.25, 0.3) is 0 Å². The van der Waals surface area contributed by atoms with Crippen LogP contribution in [0.1, 0.15) is 30.3 Å². The van der Waals surface area contributed by atoms with Crippen LogP contribution in [0.15, 0.2) is 18.2 Å². The summed E-state index contributed by atoms with van der Waals surface area (Å²) in [5, 5.41) is 8.64. The van der Waals surface area contributed by atoms with E-state index < -0.39 is 0 Å². The first kappa shape index (κ1) is 13.4. The Bertz CT molecular complexity index is 268. The first-order chi connectivity index (χ1) is 6.24. The van der Waals surface area contributed by atoms with E-state index in [1.165, 1.54) is 0 Å². The predicted molar refractivity (Wildman–Crippen MR) is 59.5 cm³/mol. The van der Waals surface area contributed by atoms with E-state index in [1.807, 2.05) is 25.1 Å². The molecule has 1 atom stereocenters. The Balaban J connectivity index is 0.00000169. The van der Waals surface area contributed by atoms with E-state index in [-0.39, 0.29) is 25.1 Å². The normalized spacial score (nSPS) is 11.9. The Hall–Kier alpha value is -0.640. The number of nitrogens with two attached hydrogens (primary N) is 1. The summed E-state index contributed by atoms with van der Waals surface area (Å²) in [6.07, 6.45) is 1.52. The number of pyridine rings is 1. The van der Waals surface area contributed by atoms with Gasteiger partial charge in [-0.2, -0.15) is 0 Å². The van der Waals surface area contributed by atoms with Crippen molar-refractivity contribution in [2.24, 2.45) is 5.73 Å². The van der Waals surface area contributed by atoms with Crippen molar-refractivity contribution in [2.45, 2.75) is 25.8 Å². The van der Waals surface area contributed by atoms with Crippen LogP contribution < -0.4 is 5.73 Å². The van der Waals surface area contributed by atoms with Gasteiger partial charge in [0.15, 0.2) is 0 Å². The van der Waals surface area contributed by atoms with E-state index in [1.54, 1.807) is 0 Å². The van der Waals surface area contributed by atoms with Crippen molar-refractivity contribution < 1.29 is 5.11 Å². The zero-order chi connectivity index (χ0) is 9.68. The molecule has 0 aliphatic heterocycles. The average Bonchev–Trinajstić information content (AvgIpc) is 2.14. The lowest BCUT2D eigenvalue weighted by Gasteiger charge is -2.10. The highest BCUT2D eigenvalue weighted by atomic mass is 35.5. The Morgan fingerprint density at radius 3 is 2.79 bits per heavy atom. The lowest BCUT2D eigenvalue weighted by molar-refractivity contribution is 0.279. The van der Waals surface area contributed by atoms with Gasteiger partial charge in [-0.25, -0.2) is 0 Å². The van der Waals surface area contributed by atoms with Gasteiger partial charge in [-0.05, 0) is 31.9 Å². The van der Waals surface area contributed by atoms with E-state index in [9.17, 15) is 0 Å². The van der Waals surface area contributed by atoms with Crippen LogP contribution in [-0.4, -0.2) is 16.7 Å². The number of aliphatic hydroxyl groups excluding tert-OH is 1.